The van der Waals surface area contributed by atoms with Crippen LogP contribution in [0, 0.1) is 0 Å². The van der Waals surface area contributed by atoms with E-state index in [2.05, 4.69) is 5.32 Å². The molecule has 0 aromatic heterocycles. The van der Waals surface area contributed by atoms with Crippen molar-refractivity contribution in [1.82, 2.24) is 5.32 Å². The van der Waals surface area contributed by atoms with Crippen molar-refractivity contribution in [3.8, 4) is 5.75 Å². The smallest absolute Gasteiger partial charge is 0.263 e. The van der Waals surface area contributed by atoms with Crippen LogP contribution in [0.1, 0.15) is 23.7 Å². The number of aromatic hydroxyl groups is 1. The molecule has 0 saturated carbocycles. The number of halogens is 2. The molecule has 5 heteroatoms. The van der Waals surface area contributed by atoms with Gasteiger partial charge in [-0.3, -0.25) is 0 Å². The predicted octanol–water partition coefficient (Wildman–Crippen LogP) is 1.99. The monoisotopic (exact) mass is 229 g/mol. The Hall–Kier alpha value is -1.20. The third-order valence-corrected chi connectivity index (χ3v) is 2.58. The molecule has 88 valence electrons. The molecule has 1 atom stereocenters. The quantitative estimate of drug-likeness (QED) is 0.814. The number of alkyl halides is 2. The van der Waals surface area contributed by atoms with Crippen LogP contribution >= 0.6 is 0 Å². The summed E-state index contributed by atoms with van der Waals surface area (Å²) in [7, 11) is 0. The zero-order valence-electron chi connectivity index (χ0n) is 8.62. The molecule has 1 aliphatic heterocycles. The number of phenolic OH excluding ortho intramolecular Hbond substituents is 1. The number of morpholine rings is 1. The van der Waals surface area contributed by atoms with Gasteiger partial charge in [0.15, 0.2) is 0 Å². The Bertz CT molecular complexity index is 365. The molecule has 1 saturated heterocycles. The van der Waals surface area contributed by atoms with Gasteiger partial charge in [0.1, 0.15) is 5.75 Å². The SMILES string of the molecule is Oc1ccc(C(F)F)cc1C1CNCCO1. The molecule has 1 aromatic carbocycles. The number of benzene rings is 1. The lowest BCUT2D eigenvalue weighted by molar-refractivity contribution is 0.0261. The van der Waals surface area contributed by atoms with E-state index in [1.165, 1.54) is 18.2 Å². The van der Waals surface area contributed by atoms with Gasteiger partial charge in [0.05, 0.1) is 12.7 Å². The van der Waals surface area contributed by atoms with E-state index in [1.54, 1.807) is 0 Å². The maximum Gasteiger partial charge on any atom is 0.263 e. The van der Waals surface area contributed by atoms with Gasteiger partial charge in [-0.1, -0.05) is 0 Å². The van der Waals surface area contributed by atoms with E-state index in [0.29, 0.717) is 18.7 Å². The minimum absolute atomic E-state index is 0.00176. The van der Waals surface area contributed by atoms with Crippen LogP contribution in [0.15, 0.2) is 18.2 Å². The minimum atomic E-state index is -2.53. The van der Waals surface area contributed by atoms with Crippen LogP contribution < -0.4 is 5.32 Å². The molecule has 0 spiro atoms. The highest BCUT2D eigenvalue weighted by molar-refractivity contribution is 5.38. The summed E-state index contributed by atoms with van der Waals surface area (Å²) in [5, 5.41) is 12.7. The second-order valence-corrected chi connectivity index (χ2v) is 3.68. The van der Waals surface area contributed by atoms with E-state index in [9.17, 15) is 13.9 Å². The van der Waals surface area contributed by atoms with E-state index >= 15 is 0 Å². The number of rotatable bonds is 2. The fourth-order valence-electron chi connectivity index (χ4n) is 1.73. The Balaban J connectivity index is 2.27. The molecule has 2 rings (SSSR count). The number of hydrogen-bond acceptors (Lipinski definition) is 3. The van der Waals surface area contributed by atoms with Crippen LogP contribution in [0.4, 0.5) is 8.78 Å². The summed E-state index contributed by atoms with van der Waals surface area (Å²) in [6.45, 7) is 1.79. The van der Waals surface area contributed by atoms with Gasteiger partial charge >= 0.3 is 0 Å². The van der Waals surface area contributed by atoms with E-state index in [4.69, 9.17) is 4.74 Å². The molecule has 3 nitrogen and oxygen atoms in total. The number of hydrogen-bond donors (Lipinski definition) is 2. The van der Waals surface area contributed by atoms with Crippen molar-refractivity contribution in [1.29, 1.82) is 0 Å². The molecule has 1 aliphatic rings. The molecular weight excluding hydrogens is 216 g/mol. The molecule has 1 unspecified atom stereocenters. The molecule has 0 aliphatic carbocycles. The van der Waals surface area contributed by atoms with Crippen molar-refractivity contribution in [3.63, 3.8) is 0 Å². The molecule has 0 bridgehead atoms. The number of ether oxygens (including phenoxy) is 1. The fraction of sp³-hybridized carbons (Fsp3) is 0.455. The van der Waals surface area contributed by atoms with Crippen LogP contribution in [0.2, 0.25) is 0 Å². The zero-order valence-corrected chi connectivity index (χ0v) is 8.62. The first-order chi connectivity index (χ1) is 7.68. The Morgan fingerprint density at radius 3 is 2.88 bits per heavy atom. The summed E-state index contributed by atoms with van der Waals surface area (Å²) in [4.78, 5) is 0. The van der Waals surface area contributed by atoms with Gasteiger partial charge in [-0.05, 0) is 18.2 Å². The highest BCUT2D eigenvalue weighted by Crippen LogP contribution is 2.31. The molecule has 0 radical (unpaired) electrons. The van der Waals surface area contributed by atoms with Crippen molar-refractivity contribution >= 4 is 0 Å². The Morgan fingerprint density at radius 2 is 2.25 bits per heavy atom. The lowest BCUT2D eigenvalue weighted by Crippen LogP contribution is -2.33. The second kappa shape index (κ2) is 4.76. The summed E-state index contributed by atoms with van der Waals surface area (Å²) >= 11 is 0. The number of nitrogens with one attached hydrogen (secondary N) is 1. The van der Waals surface area contributed by atoms with Crippen LogP contribution in [-0.2, 0) is 4.74 Å². The largest absolute Gasteiger partial charge is 0.508 e. The van der Waals surface area contributed by atoms with E-state index in [0.717, 1.165) is 6.54 Å². The highest BCUT2D eigenvalue weighted by Gasteiger charge is 2.20. The average molecular weight is 229 g/mol. The van der Waals surface area contributed by atoms with E-state index in [1.807, 2.05) is 0 Å². The molecule has 1 heterocycles. The Morgan fingerprint density at radius 1 is 1.44 bits per heavy atom. The van der Waals surface area contributed by atoms with E-state index in [-0.39, 0.29) is 17.4 Å². The van der Waals surface area contributed by atoms with Gasteiger partial charge in [0.25, 0.3) is 6.43 Å². The van der Waals surface area contributed by atoms with Crippen molar-refractivity contribution in [2.24, 2.45) is 0 Å². The van der Waals surface area contributed by atoms with Crippen LogP contribution in [0.5, 0.6) is 5.75 Å². The normalized spacial score (nSPS) is 21.3. The first-order valence-electron chi connectivity index (χ1n) is 5.12. The first kappa shape index (κ1) is 11.3. The maximum absolute atomic E-state index is 12.5. The topological polar surface area (TPSA) is 41.5 Å². The van der Waals surface area contributed by atoms with Crippen LogP contribution in [-0.4, -0.2) is 24.8 Å². The number of phenols is 1. The highest BCUT2D eigenvalue weighted by atomic mass is 19.3. The zero-order chi connectivity index (χ0) is 11.5. The van der Waals surface area contributed by atoms with E-state index < -0.39 is 6.43 Å². The third-order valence-electron chi connectivity index (χ3n) is 2.58. The van der Waals surface area contributed by atoms with Crippen molar-refractivity contribution in [2.45, 2.75) is 12.5 Å². The molecule has 0 amide bonds. The van der Waals surface area contributed by atoms with Crippen molar-refractivity contribution < 1.29 is 18.6 Å². The minimum Gasteiger partial charge on any atom is -0.508 e. The molecule has 1 fully saturated rings. The van der Waals surface area contributed by atoms with Gasteiger partial charge in [0, 0.05) is 24.2 Å². The van der Waals surface area contributed by atoms with Gasteiger partial charge in [0.2, 0.25) is 0 Å². The summed E-state index contributed by atoms with van der Waals surface area (Å²) in [6.07, 6.45) is -2.89. The van der Waals surface area contributed by atoms with Crippen LogP contribution in [0.25, 0.3) is 0 Å². The van der Waals surface area contributed by atoms with Gasteiger partial charge < -0.3 is 15.2 Å². The van der Waals surface area contributed by atoms with Crippen molar-refractivity contribution in [3.05, 3.63) is 29.3 Å². The summed E-state index contributed by atoms with van der Waals surface area (Å²) in [5.74, 6) is -0.00176. The second-order valence-electron chi connectivity index (χ2n) is 3.68. The van der Waals surface area contributed by atoms with Crippen molar-refractivity contribution in [2.75, 3.05) is 19.7 Å². The lowest BCUT2D eigenvalue weighted by atomic mass is 10.0. The summed E-state index contributed by atoms with van der Waals surface area (Å²) in [5.41, 5.74) is 0.326. The standard InChI is InChI=1S/C11H13F2NO2/c12-11(13)7-1-2-9(15)8(5-7)10-6-14-3-4-16-10/h1-2,5,10-11,14-15H,3-4,6H2. The first-order valence-corrected chi connectivity index (χ1v) is 5.12. The molecule has 16 heavy (non-hydrogen) atoms. The summed E-state index contributed by atoms with van der Waals surface area (Å²) in [6, 6.07) is 3.81. The Labute approximate surface area is 92.0 Å². The van der Waals surface area contributed by atoms with Gasteiger partial charge in [-0.2, -0.15) is 0 Å². The fourth-order valence-corrected chi connectivity index (χ4v) is 1.73. The molecular formula is C11H13F2NO2. The average Bonchev–Trinajstić information content (AvgIpc) is 2.30. The predicted molar refractivity (Wildman–Crippen MR) is 54.6 cm³/mol. The maximum atomic E-state index is 12.5. The Kier molecular flexibility index (Phi) is 3.36. The third kappa shape index (κ3) is 2.31. The van der Waals surface area contributed by atoms with Gasteiger partial charge in [-0.25, -0.2) is 8.78 Å². The molecule has 2 N–H and O–H groups in total. The van der Waals surface area contributed by atoms with Gasteiger partial charge in [-0.15, -0.1) is 0 Å². The summed E-state index contributed by atoms with van der Waals surface area (Å²) < 4.78 is 30.4. The lowest BCUT2D eigenvalue weighted by Gasteiger charge is -2.24. The van der Waals surface area contributed by atoms with Crippen LogP contribution in [0.3, 0.4) is 0 Å². The molecule has 1 aromatic rings.